The molecule has 0 bridgehead atoms. The van der Waals surface area contributed by atoms with Gasteiger partial charge in [0, 0.05) is 29.4 Å². The molecule has 4 aromatic heterocycles. The largest absolute Gasteiger partial charge is 0.433 e. The molecule has 4 aromatic rings. The van der Waals surface area contributed by atoms with Crippen LogP contribution in [0.4, 0.5) is 18.9 Å². The lowest BCUT2D eigenvalue weighted by atomic mass is 10.0. The molecule has 184 valence electrons. The summed E-state index contributed by atoms with van der Waals surface area (Å²) in [5.41, 5.74) is 6.46. The number of anilines is 1. The molecule has 9 nitrogen and oxygen atoms in total. The minimum absolute atomic E-state index is 0.0121. The number of pyridine rings is 1. The minimum atomic E-state index is -4.73. The maximum Gasteiger partial charge on any atom is 0.433 e. The van der Waals surface area contributed by atoms with Gasteiger partial charge in [0.2, 0.25) is 5.91 Å². The van der Waals surface area contributed by atoms with E-state index in [1.165, 1.54) is 10.9 Å². The van der Waals surface area contributed by atoms with E-state index in [-0.39, 0.29) is 26.3 Å². The number of halogens is 3. The van der Waals surface area contributed by atoms with E-state index in [0.717, 1.165) is 11.6 Å². The monoisotopic (exact) mass is 505 g/mol. The fraction of sp³-hybridized carbons (Fsp3) is 0.318. The number of aromatic nitrogens is 5. The Hall–Kier alpha value is -3.74. The molecule has 0 aliphatic carbocycles. The summed E-state index contributed by atoms with van der Waals surface area (Å²) in [6.45, 7) is 7.52. The van der Waals surface area contributed by atoms with Crippen LogP contribution in [0.3, 0.4) is 0 Å². The van der Waals surface area contributed by atoms with Crippen LogP contribution < -0.4 is 11.1 Å². The Balaban J connectivity index is 1.95. The van der Waals surface area contributed by atoms with Gasteiger partial charge in [-0.2, -0.15) is 23.4 Å². The van der Waals surface area contributed by atoms with Crippen molar-refractivity contribution in [3.05, 3.63) is 46.5 Å². The third-order valence-corrected chi connectivity index (χ3v) is 6.72. The topological polar surface area (TPSA) is 121 Å². The van der Waals surface area contributed by atoms with Crippen molar-refractivity contribution in [2.24, 2.45) is 5.73 Å². The van der Waals surface area contributed by atoms with Crippen molar-refractivity contribution in [3.8, 4) is 11.1 Å². The highest BCUT2D eigenvalue weighted by molar-refractivity contribution is 7.21. The van der Waals surface area contributed by atoms with Crippen LogP contribution in [-0.2, 0) is 17.5 Å². The number of nitrogens with two attached hydrogens (primary N) is 1. The molecule has 0 saturated carbocycles. The second-order valence-corrected chi connectivity index (χ2v) is 9.02. The fourth-order valence-corrected chi connectivity index (χ4v) is 4.78. The summed E-state index contributed by atoms with van der Waals surface area (Å²) in [7, 11) is 0. The molecule has 0 aromatic carbocycles. The Morgan fingerprint density at radius 2 is 1.91 bits per heavy atom. The number of hydrogen-bond donors (Lipinski definition) is 2. The summed E-state index contributed by atoms with van der Waals surface area (Å²) < 4.78 is 44.2. The lowest BCUT2D eigenvalue weighted by molar-refractivity contribution is -0.140. The maximum absolute atomic E-state index is 13.7. The molecule has 0 spiro atoms. The molecular weight excluding hydrogens is 483 g/mol. The van der Waals surface area contributed by atoms with E-state index < -0.39 is 29.7 Å². The summed E-state index contributed by atoms with van der Waals surface area (Å²) in [6.07, 6.45) is -0.00994. The van der Waals surface area contributed by atoms with Gasteiger partial charge >= 0.3 is 6.18 Å². The highest BCUT2D eigenvalue weighted by Crippen LogP contribution is 2.44. The van der Waals surface area contributed by atoms with Crippen molar-refractivity contribution in [3.63, 3.8) is 0 Å². The number of nitrogens with one attached hydrogen (secondary N) is 1. The summed E-state index contributed by atoms with van der Waals surface area (Å²) >= 11 is 0.693. The number of alkyl halides is 3. The van der Waals surface area contributed by atoms with Crippen LogP contribution in [0.15, 0.2) is 24.7 Å². The quantitative estimate of drug-likeness (QED) is 0.405. The average molecular weight is 506 g/mol. The Kier molecular flexibility index (Phi) is 6.13. The molecule has 1 atom stereocenters. The molecule has 2 amide bonds. The molecule has 0 radical (unpaired) electrons. The van der Waals surface area contributed by atoms with Gasteiger partial charge < -0.3 is 11.1 Å². The molecule has 0 aliphatic heterocycles. The summed E-state index contributed by atoms with van der Waals surface area (Å²) in [4.78, 5) is 28.9. The van der Waals surface area contributed by atoms with Crippen molar-refractivity contribution in [2.75, 3.05) is 5.32 Å². The number of carbonyl (C=O) groups is 2. The van der Waals surface area contributed by atoms with Crippen molar-refractivity contribution in [1.82, 2.24) is 24.5 Å². The number of primary amides is 1. The van der Waals surface area contributed by atoms with E-state index in [1.807, 2.05) is 13.8 Å². The van der Waals surface area contributed by atoms with E-state index >= 15 is 0 Å². The predicted octanol–water partition coefficient (Wildman–Crippen LogP) is 4.31. The Morgan fingerprint density at radius 1 is 1.20 bits per heavy atom. The number of rotatable bonds is 6. The zero-order valence-electron chi connectivity index (χ0n) is 19.3. The summed E-state index contributed by atoms with van der Waals surface area (Å²) in [5.74, 6) is -1.42. The number of amides is 2. The third-order valence-electron chi connectivity index (χ3n) is 5.62. The van der Waals surface area contributed by atoms with Crippen LogP contribution in [0.5, 0.6) is 0 Å². The van der Waals surface area contributed by atoms with Gasteiger partial charge in [-0.1, -0.05) is 0 Å². The first-order chi connectivity index (χ1) is 16.4. The van der Waals surface area contributed by atoms with Crippen LogP contribution >= 0.6 is 11.3 Å². The third kappa shape index (κ3) is 4.38. The first-order valence-corrected chi connectivity index (χ1v) is 11.4. The molecule has 4 rings (SSSR count). The molecule has 1 unspecified atom stereocenters. The van der Waals surface area contributed by atoms with E-state index in [4.69, 9.17) is 5.73 Å². The van der Waals surface area contributed by atoms with Crippen molar-refractivity contribution in [1.29, 1.82) is 0 Å². The second-order valence-electron chi connectivity index (χ2n) is 8.03. The van der Waals surface area contributed by atoms with E-state index in [2.05, 4.69) is 20.5 Å². The lowest BCUT2D eigenvalue weighted by Gasteiger charge is -2.15. The molecular formula is C22H22F3N7O2S. The number of nitrogens with zero attached hydrogens (tertiary/aromatic N) is 5. The first kappa shape index (κ1) is 24.4. The summed E-state index contributed by atoms with van der Waals surface area (Å²) in [6, 6.07) is 0.134. The van der Waals surface area contributed by atoms with Crippen LogP contribution in [0.2, 0.25) is 0 Å². The molecule has 4 heterocycles. The Bertz CT molecular complexity index is 1450. The van der Waals surface area contributed by atoms with Crippen molar-refractivity contribution in [2.45, 2.75) is 46.5 Å². The minimum Gasteiger partial charge on any atom is -0.365 e. The van der Waals surface area contributed by atoms with Gasteiger partial charge in [-0.3, -0.25) is 19.0 Å². The summed E-state index contributed by atoms with van der Waals surface area (Å²) in [5, 5.41) is 11.3. The standard InChI is InChI=1S/C22H22F3N7O2S/c1-5-31-11(3)14(8-28-31)13-6-15(22(23,24)25)29-21-16(13)17(18(35-21)19(26)33)30-20(34)12(4)32-9-10(2)7-27-32/h6-9,12H,5H2,1-4H3,(H2,26,33)(H,30,34). The van der Waals surface area contributed by atoms with E-state index in [1.54, 1.807) is 30.9 Å². The van der Waals surface area contributed by atoms with Gasteiger partial charge in [-0.25, -0.2) is 4.98 Å². The number of hydrogen-bond acceptors (Lipinski definition) is 6. The smallest absolute Gasteiger partial charge is 0.365 e. The number of carbonyl (C=O) groups excluding carboxylic acids is 2. The van der Waals surface area contributed by atoms with Gasteiger partial charge in [0.05, 0.1) is 18.1 Å². The molecule has 0 saturated heterocycles. The fourth-order valence-electron chi connectivity index (χ4n) is 3.77. The SMILES string of the molecule is CCn1ncc(-c2cc(C(F)(F)F)nc3sc(C(N)=O)c(NC(=O)C(C)n4cc(C)cn4)c23)c1C. The molecule has 3 N–H and O–H groups in total. The number of aryl methyl sites for hydroxylation is 2. The van der Waals surface area contributed by atoms with Crippen LogP contribution in [0.1, 0.15) is 46.5 Å². The van der Waals surface area contributed by atoms with Crippen LogP contribution in [0, 0.1) is 13.8 Å². The first-order valence-electron chi connectivity index (χ1n) is 10.6. The molecule has 13 heteroatoms. The van der Waals surface area contributed by atoms with E-state index in [0.29, 0.717) is 29.1 Å². The predicted molar refractivity (Wildman–Crippen MR) is 125 cm³/mol. The van der Waals surface area contributed by atoms with Crippen LogP contribution in [-0.4, -0.2) is 36.4 Å². The Labute approximate surface area is 201 Å². The Morgan fingerprint density at radius 3 is 2.46 bits per heavy atom. The van der Waals surface area contributed by atoms with Gasteiger partial charge in [-0.15, -0.1) is 11.3 Å². The average Bonchev–Trinajstić information content (AvgIpc) is 3.48. The normalized spacial score (nSPS) is 12.8. The van der Waals surface area contributed by atoms with Gasteiger partial charge in [0.15, 0.2) is 0 Å². The molecule has 35 heavy (non-hydrogen) atoms. The zero-order valence-corrected chi connectivity index (χ0v) is 20.1. The highest BCUT2D eigenvalue weighted by atomic mass is 32.1. The van der Waals surface area contributed by atoms with Gasteiger partial charge in [0.25, 0.3) is 5.91 Å². The maximum atomic E-state index is 13.7. The highest BCUT2D eigenvalue weighted by Gasteiger charge is 2.35. The zero-order chi connectivity index (χ0) is 25.7. The van der Waals surface area contributed by atoms with Crippen molar-refractivity contribution >= 4 is 39.1 Å². The van der Waals surface area contributed by atoms with Gasteiger partial charge in [0.1, 0.15) is 21.4 Å². The van der Waals surface area contributed by atoms with Crippen LogP contribution in [0.25, 0.3) is 21.3 Å². The molecule has 0 aliphatic rings. The lowest BCUT2D eigenvalue weighted by Crippen LogP contribution is -2.25. The van der Waals surface area contributed by atoms with Crippen molar-refractivity contribution < 1.29 is 22.8 Å². The second kappa shape index (κ2) is 8.80. The molecule has 0 fully saturated rings. The number of fused-ring (bicyclic) bond motifs is 1. The number of thiophene rings is 1. The van der Waals surface area contributed by atoms with Gasteiger partial charge in [-0.05, 0) is 44.9 Å². The van der Waals surface area contributed by atoms with E-state index in [9.17, 15) is 22.8 Å².